The molecule has 1 fully saturated rings. The summed E-state index contributed by atoms with van der Waals surface area (Å²) in [4.78, 5) is 7.25. The molecule has 2 heterocycles. The van der Waals surface area contributed by atoms with Gasteiger partial charge in [-0.3, -0.25) is 0 Å². The second kappa shape index (κ2) is 7.23. The minimum atomic E-state index is 0.468. The number of anilines is 1. The van der Waals surface area contributed by atoms with Crippen molar-refractivity contribution in [2.24, 2.45) is 0 Å². The monoisotopic (exact) mass is 371 g/mol. The second-order valence-electron chi connectivity index (χ2n) is 7.82. The zero-order valence-corrected chi connectivity index (χ0v) is 16.3. The quantitative estimate of drug-likeness (QED) is 0.508. The highest BCUT2D eigenvalue weighted by molar-refractivity contribution is 5.92. The number of nitrogens with zero attached hydrogens (tertiary/aromatic N) is 5. The predicted molar refractivity (Wildman–Crippen MR) is 113 cm³/mol. The van der Waals surface area contributed by atoms with E-state index in [1.807, 2.05) is 12.1 Å². The van der Waals surface area contributed by atoms with E-state index in [1.54, 1.807) is 0 Å². The molecular weight excluding hydrogens is 346 g/mol. The van der Waals surface area contributed by atoms with Crippen molar-refractivity contribution in [1.82, 2.24) is 19.6 Å². The summed E-state index contributed by atoms with van der Waals surface area (Å²) in [6.07, 6.45) is 6.26. The first-order valence-corrected chi connectivity index (χ1v) is 10.2. The highest BCUT2D eigenvalue weighted by Gasteiger charge is 2.25. The second-order valence-corrected chi connectivity index (χ2v) is 7.82. The summed E-state index contributed by atoms with van der Waals surface area (Å²) in [6.45, 7) is 0.795. The molecule has 0 bridgehead atoms. The molecule has 0 amide bonds. The van der Waals surface area contributed by atoms with E-state index in [9.17, 15) is 0 Å². The van der Waals surface area contributed by atoms with Crippen molar-refractivity contribution in [3.8, 4) is 0 Å². The Morgan fingerprint density at radius 3 is 2.50 bits per heavy atom. The first-order chi connectivity index (χ1) is 13.8. The third-order valence-electron chi connectivity index (χ3n) is 5.83. The Balaban J connectivity index is 1.67. The molecule has 4 aromatic rings. The van der Waals surface area contributed by atoms with Gasteiger partial charge in [0.2, 0.25) is 5.95 Å². The summed E-state index contributed by atoms with van der Waals surface area (Å²) in [7, 11) is 2.11. The molecule has 1 aliphatic rings. The fourth-order valence-corrected chi connectivity index (χ4v) is 4.40. The predicted octanol–water partition coefficient (Wildman–Crippen LogP) is 4.96. The molecule has 1 aliphatic carbocycles. The summed E-state index contributed by atoms with van der Waals surface area (Å²) >= 11 is 0. The fraction of sp³-hybridized carbons (Fsp3) is 0.348. The number of benzene rings is 2. The van der Waals surface area contributed by atoms with Gasteiger partial charge in [-0.1, -0.05) is 61.7 Å². The van der Waals surface area contributed by atoms with E-state index in [0.717, 1.165) is 34.9 Å². The molecule has 0 atom stereocenters. The first kappa shape index (κ1) is 17.2. The number of fused-ring (bicyclic) bond motifs is 3. The number of para-hydroxylation sites is 1. The van der Waals surface area contributed by atoms with E-state index in [0.29, 0.717) is 5.92 Å². The molecule has 0 spiro atoms. The SMILES string of the molecule is CN(Cc1ccccc1)c1nc2ccccc2c2nnc(C3CCCCC3)n12. The van der Waals surface area contributed by atoms with E-state index < -0.39 is 0 Å². The molecule has 0 aliphatic heterocycles. The molecule has 0 N–H and O–H groups in total. The zero-order chi connectivity index (χ0) is 18.9. The molecule has 0 radical (unpaired) electrons. The molecule has 0 unspecified atom stereocenters. The summed E-state index contributed by atoms with van der Waals surface area (Å²) in [5, 5.41) is 10.3. The average molecular weight is 371 g/mol. The van der Waals surface area contributed by atoms with Crippen molar-refractivity contribution < 1.29 is 0 Å². The third kappa shape index (κ3) is 3.01. The van der Waals surface area contributed by atoms with Gasteiger partial charge in [-0.05, 0) is 30.5 Å². The zero-order valence-electron chi connectivity index (χ0n) is 16.3. The lowest BCUT2D eigenvalue weighted by molar-refractivity contribution is 0.426. The number of rotatable bonds is 4. The number of aromatic nitrogens is 4. The molecule has 0 saturated heterocycles. The van der Waals surface area contributed by atoms with Crippen molar-refractivity contribution in [2.45, 2.75) is 44.6 Å². The van der Waals surface area contributed by atoms with Gasteiger partial charge in [0, 0.05) is 24.9 Å². The van der Waals surface area contributed by atoms with Gasteiger partial charge < -0.3 is 4.90 Å². The molecule has 5 nitrogen and oxygen atoms in total. The Kier molecular flexibility index (Phi) is 4.43. The van der Waals surface area contributed by atoms with Crippen molar-refractivity contribution in [1.29, 1.82) is 0 Å². The van der Waals surface area contributed by atoms with Crippen LogP contribution in [0.3, 0.4) is 0 Å². The maximum absolute atomic E-state index is 5.04. The normalized spacial score (nSPS) is 15.3. The van der Waals surface area contributed by atoms with Gasteiger partial charge in [-0.25, -0.2) is 9.38 Å². The highest BCUT2D eigenvalue weighted by atomic mass is 15.3. The Bertz CT molecular complexity index is 1100. The molecule has 142 valence electrons. The summed E-state index contributed by atoms with van der Waals surface area (Å²) < 4.78 is 2.21. The van der Waals surface area contributed by atoms with E-state index in [2.05, 4.69) is 69.0 Å². The third-order valence-corrected chi connectivity index (χ3v) is 5.83. The van der Waals surface area contributed by atoms with Crippen LogP contribution >= 0.6 is 0 Å². The number of hydrogen-bond acceptors (Lipinski definition) is 4. The summed E-state index contributed by atoms with van der Waals surface area (Å²) in [6, 6.07) is 18.8. The van der Waals surface area contributed by atoms with Crippen LogP contribution in [0.2, 0.25) is 0 Å². The van der Waals surface area contributed by atoms with E-state index in [-0.39, 0.29) is 0 Å². The van der Waals surface area contributed by atoms with Crippen LogP contribution < -0.4 is 4.90 Å². The fourth-order valence-electron chi connectivity index (χ4n) is 4.40. The van der Waals surface area contributed by atoms with Crippen molar-refractivity contribution in [2.75, 3.05) is 11.9 Å². The molecule has 5 heteroatoms. The van der Waals surface area contributed by atoms with Gasteiger partial charge in [-0.15, -0.1) is 10.2 Å². The van der Waals surface area contributed by atoms with E-state index in [4.69, 9.17) is 4.98 Å². The van der Waals surface area contributed by atoms with Crippen molar-refractivity contribution in [3.63, 3.8) is 0 Å². The largest absolute Gasteiger partial charge is 0.341 e. The van der Waals surface area contributed by atoms with Crippen molar-refractivity contribution >= 4 is 22.5 Å². The molecule has 1 saturated carbocycles. The van der Waals surface area contributed by atoms with Crippen LogP contribution in [0.25, 0.3) is 16.6 Å². The average Bonchev–Trinajstić information content (AvgIpc) is 3.20. The molecule has 2 aromatic carbocycles. The minimum absolute atomic E-state index is 0.468. The van der Waals surface area contributed by atoms with E-state index >= 15 is 0 Å². The lowest BCUT2D eigenvalue weighted by Gasteiger charge is -2.24. The van der Waals surface area contributed by atoms with Crippen LogP contribution in [0.15, 0.2) is 54.6 Å². The standard InChI is InChI=1S/C23H25N5/c1-27(16-17-10-4-2-5-11-17)23-24-20-15-9-8-14-19(20)22-26-25-21(28(22)23)18-12-6-3-7-13-18/h2,4-5,8-11,14-15,18H,3,6-7,12-13,16H2,1H3. The van der Waals surface area contributed by atoms with Crippen LogP contribution in [0.4, 0.5) is 5.95 Å². The maximum atomic E-state index is 5.04. The summed E-state index contributed by atoms with van der Waals surface area (Å²) in [5.74, 6) is 2.46. The Morgan fingerprint density at radius 2 is 1.68 bits per heavy atom. The summed E-state index contributed by atoms with van der Waals surface area (Å²) in [5.41, 5.74) is 3.15. The van der Waals surface area contributed by atoms with Gasteiger partial charge >= 0.3 is 0 Å². The Hall–Kier alpha value is -2.95. The Labute approximate surface area is 165 Å². The molecule has 2 aromatic heterocycles. The lowest BCUT2D eigenvalue weighted by atomic mass is 9.89. The van der Waals surface area contributed by atoms with Gasteiger partial charge in [0.1, 0.15) is 5.82 Å². The van der Waals surface area contributed by atoms with Gasteiger partial charge in [0.25, 0.3) is 0 Å². The van der Waals surface area contributed by atoms with Crippen LogP contribution in [0, 0.1) is 0 Å². The highest BCUT2D eigenvalue weighted by Crippen LogP contribution is 2.34. The minimum Gasteiger partial charge on any atom is -0.341 e. The van der Waals surface area contributed by atoms with Gasteiger partial charge in [0.15, 0.2) is 5.65 Å². The topological polar surface area (TPSA) is 46.3 Å². The first-order valence-electron chi connectivity index (χ1n) is 10.2. The van der Waals surface area contributed by atoms with Crippen LogP contribution in [-0.2, 0) is 6.54 Å². The van der Waals surface area contributed by atoms with Gasteiger partial charge in [0.05, 0.1) is 5.52 Å². The lowest BCUT2D eigenvalue weighted by Crippen LogP contribution is -2.22. The van der Waals surface area contributed by atoms with Gasteiger partial charge in [-0.2, -0.15) is 0 Å². The van der Waals surface area contributed by atoms with Crippen molar-refractivity contribution in [3.05, 3.63) is 66.0 Å². The van der Waals surface area contributed by atoms with Crippen LogP contribution in [0.5, 0.6) is 0 Å². The molecule has 28 heavy (non-hydrogen) atoms. The maximum Gasteiger partial charge on any atom is 0.213 e. The van der Waals surface area contributed by atoms with Crippen LogP contribution in [-0.4, -0.2) is 26.6 Å². The smallest absolute Gasteiger partial charge is 0.213 e. The van der Waals surface area contributed by atoms with E-state index in [1.165, 1.54) is 37.7 Å². The number of hydrogen-bond donors (Lipinski definition) is 0. The molecule has 5 rings (SSSR count). The molecular formula is C23H25N5. The van der Waals surface area contributed by atoms with Crippen LogP contribution in [0.1, 0.15) is 49.4 Å². The Morgan fingerprint density at radius 1 is 0.929 bits per heavy atom.